The number of thioether (sulfide) groups is 1. The van der Waals surface area contributed by atoms with Gasteiger partial charge < -0.3 is 9.73 Å². The Bertz CT molecular complexity index is 615. The van der Waals surface area contributed by atoms with Crippen LogP contribution >= 0.6 is 11.8 Å². The smallest absolute Gasteiger partial charge is 0.257 e. The minimum atomic E-state index is -0.387. The number of benzene rings is 1. The van der Waals surface area contributed by atoms with Crippen molar-refractivity contribution in [1.29, 1.82) is 5.26 Å². The van der Waals surface area contributed by atoms with Crippen LogP contribution in [-0.4, -0.2) is 22.8 Å². The Morgan fingerprint density at radius 2 is 2.35 bits per heavy atom. The summed E-state index contributed by atoms with van der Waals surface area (Å²) in [6.45, 7) is 0. The monoisotopic (exact) mass is 287 g/mol. The fourth-order valence-corrected chi connectivity index (χ4v) is 3.98. The Hall–Kier alpha value is -1.51. The number of nitrogens with zero attached hydrogens (tertiary/aromatic N) is 2. The maximum absolute atomic E-state index is 9.38. The van der Waals surface area contributed by atoms with E-state index in [4.69, 9.17) is 4.42 Å². The molecule has 0 amide bonds. The van der Waals surface area contributed by atoms with Crippen LogP contribution in [0.1, 0.15) is 25.7 Å². The maximum atomic E-state index is 9.38. The second kappa shape index (κ2) is 5.47. The predicted molar refractivity (Wildman–Crippen MR) is 79.5 cm³/mol. The summed E-state index contributed by atoms with van der Waals surface area (Å²) in [7, 11) is 1.87. The summed E-state index contributed by atoms with van der Waals surface area (Å²) in [5.74, 6) is 0. The summed E-state index contributed by atoms with van der Waals surface area (Å²) in [5, 5.41) is 13.7. The molecule has 2 unspecified atom stereocenters. The van der Waals surface area contributed by atoms with Gasteiger partial charge in [0, 0.05) is 5.25 Å². The zero-order chi connectivity index (χ0) is 14.0. The first-order chi connectivity index (χ1) is 9.74. The highest BCUT2D eigenvalue weighted by atomic mass is 32.2. The predicted octanol–water partition coefficient (Wildman–Crippen LogP) is 3.34. The lowest BCUT2D eigenvalue weighted by Gasteiger charge is -2.34. The fraction of sp³-hybridized carbons (Fsp3) is 0.467. The Morgan fingerprint density at radius 1 is 1.50 bits per heavy atom. The van der Waals surface area contributed by atoms with Gasteiger partial charge >= 0.3 is 0 Å². The Balaban J connectivity index is 1.75. The quantitative estimate of drug-likeness (QED) is 0.938. The first-order valence-corrected chi connectivity index (χ1v) is 7.75. The van der Waals surface area contributed by atoms with Gasteiger partial charge in [-0.2, -0.15) is 5.26 Å². The van der Waals surface area contributed by atoms with Crippen LogP contribution < -0.4 is 5.32 Å². The number of hydrogen-bond donors (Lipinski definition) is 1. The SMILES string of the molecule is CNC1(C#N)CCCC(Sc2nc3ccccc3o2)C1. The first-order valence-electron chi connectivity index (χ1n) is 6.87. The van der Waals surface area contributed by atoms with Crippen LogP contribution in [0.2, 0.25) is 0 Å². The van der Waals surface area contributed by atoms with Crippen LogP contribution in [0.5, 0.6) is 0 Å². The molecule has 1 heterocycles. The molecule has 0 aliphatic heterocycles. The third-order valence-corrected chi connectivity index (χ3v) is 5.05. The molecule has 5 heteroatoms. The highest BCUT2D eigenvalue weighted by Gasteiger charge is 2.36. The molecule has 1 aliphatic rings. The van der Waals surface area contributed by atoms with Crippen molar-refractivity contribution in [2.45, 2.75) is 41.7 Å². The van der Waals surface area contributed by atoms with Crippen molar-refractivity contribution in [1.82, 2.24) is 10.3 Å². The maximum Gasteiger partial charge on any atom is 0.257 e. The lowest BCUT2D eigenvalue weighted by molar-refractivity contribution is 0.322. The third-order valence-electron chi connectivity index (χ3n) is 3.94. The molecule has 1 saturated carbocycles. The van der Waals surface area contributed by atoms with Crippen molar-refractivity contribution in [3.05, 3.63) is 24.3 Å². The van der Waals surface area contributed by atoms with E-state index in [-0.39, 0.29) is 5.54 Å². The highest BCUT2D eigenvalue weighted by Crippen LogP contribution is 2.38. The molecule has 0 saturated heterocycles. The van der Waals surface area contributed by atoms with Gasteiger partial charge in [0.05, 0.1) is 6.07 Å². The summed E-state index contributed by atoms with van der Waals surface area (Å²) in [4.78, 5) is 4.50. The van der Waals surface area contributed by atoms with E-state index in [9.17, 15) is 5.26 Å². The van der Waals surface area contributed by atoms with Crippen LogP contribution in [0.15, 0.2) is 33.9 Å². The Morgan fingerprint density at radius 3 is 3.10 bits per heavy atom. The normalized spacial score (nSPS) is 26.5. The number of rotatable bonds is 3. The largest absolute Gasteiger partial charge is 0.431 e. The van der Waals surface area contributed by atoms with E-state index in [1.807, 2.05) is 31.3 Å². The van der Waals surface area contributed by atoms with E-state index in [1.54, 1.807) is 11.8 Å². The molecule has 0 bridgehead atoms. The molecular weight excluding hydrogens is 270 g/mol. The number of nitrogens with one attached hydrogen (secondary N) is 1. The minimum absolute atomic E-state index is 0.379. The average molecular weight is 287 g/mol. The van der Waals surface area contributed by atoms with Gasteiger partial charge in [-0.05, 0) is 44.9 Å². The molecule has 2 aromatic rings. The summed E-state index contributed by atoms with van der Waals surface area (Å²) in [6, 6.07) is 10.2. The molecule has 1 aliphatic carbocycles. The van der Waals surface area contributed by atoms with Gasteiger partial charge in [-0.15, -0.1) is 0 Å². The van der Waals surface area contributed by atoms with Gasteiger partial charge in [0.15, 0.2) is 5.58 Å². The Labute approximate surface area is 122 Å². The van der Waals surface area contributed by atoms with Crippen LogP contribution in [-0.2, 0) is 0 Å². The summed E-state index contributed by atoms with van der Waals surface area (Å²) in [5.41, 5.74) is 1.33. The summed E-state index contributed by atoms with van der Waals surface area (Å²) in [6.07, 6.45) is 3.93. The number of fused-ring (bicyclic) bond motifs is 1. The van der Waals surface area contributed by atoms with Crippen molar-refractivity contribution in [2.24, 2.45) is 0 Å². The van der Waals surface area contributed by atoms with E-state index in [0.29, 0.717) is 10.5 Å². The van der Waals surface area contributed by atoms with Crippen molar-refractivity contribution < 1.29 is 4.42 Å². The van der Waals surface area contributed by atoms with Crippen LogP contribution in [0.3, 0.4) is 0 Å². The minimum Gasteiger partial charge on any atom is -0.431 e. The number of hydrogen-bond acceptors (Lipinski definition) is 5. The third kappa shape index (κ3) is 2.54. The van der Waals surface area contributed by atoms with Crippen LogP contribution in [0, 0.1) is 11.3 Å². The van der Waals surface area contributed by atoms with Crippen molar-refractivity contribution in [2.75, 3.05) is 7.05 Å². The van der Waals surface area contributed by atoms with Gasteiger partial charge in [0.2, 0.25) is 0 Å². The van der Waals surface area contributed by atoms with Crippen molar-refractivity contribution in [3.8, 4) is 6.07 Å². The number of oxazole rings is 1. The van der Waals surface area contributed by atoms with Gasteiger partial charge in [-0.3, -0.25) is 0 Å². The van der Waals surface area contributed by atoms with Gasteiger partial charge in [0.25, 0.3) is 5.22 Å². The number of nitriles is 1. The molecule has 104 valence electrons. The number of aromatic nitrogens is 1. The second-order valence-electron chi connectivity index (χ2n) is 5.23. The Kier molecular flexibility index (Phi) is 3.68. The van der Waals surface area contributed by atoms with E-state index in [1.165, 1.54) is 0 Å². The lowest BCUT2D eigenvalue weighted by Crippen LogP contribution is -2.46. The van der Waals surface area contributed by atoms with Crippen molar-refractivity contribution >= 4 is 22.9 Å². The molecule has 0 spiro atoms. The standard InChI is InChI=1S/C15H17N3OS/c1-17-15(10-16)8-4-5-11(9-15)20-14-18-12-6-2-3-7-13(12)19-14/h2-3,6-7,11,17H,4-5,8-9H2,1H3. The topological polar surface area (TPSA) is 61.9 Å². The average Bonchev–Trinajstić information content (AvgIpc) is 2.89. The van der Waals surface area contributed by atoms with Gasteiger partial charge in [-0.25, -0.2) is 4.98 Å². The lowest BCUT2D eigenvalue weighted by atomic mass is 9.83. The van der Waals surface area contributed by atoms with E-state index >= 15 is 0 Å². The van der Waals surface area contributed by atoms with E-state index in [0.717, 1.165) is 36.8 Å². The first kappa shape index (κ1) is 13.5. The molecule has 1 fully saturated rings. The second-order valence-corrected chi connectivity index (χ2v) is 6.48. The molecule has 1 N–H and O–H groups in total. The molecule has 0 radical (unpaired) electrons. The van der Waals surface area contributed by atoms with Gasteiger partial charge in [0.1, 0.15) is 11.1 Å². The molecule has 20 heavy (non-hydrogen) atoms. The van der Waals surface area contributed by atoms with E-state index < -0.39 is 0 Å². The fourth-order valence-electron chi connectivity index (χ4n) is 2.75. The molecule has 4 nitrogen and oxygen atoms in total. The van der Waals surface area contributed by atoms with Crippen LogP contribution in [0.25, 0.3) is 11.1 Å². The molecule has 1 aromatic heterocycles. The van der Waals surface area contributed by atoms with Gasteiger partial charge in [-0.1, -0.05) is 23.9 Å². The van der Waals surface area contributed by atoms with E-state index in [2.05, 4.69) is 16.4 Å². The molecular formula is C15H17N3OS. The molecule has 3 rings (SSSR count). The zero-order valence-corrected chi connectivity index (χ0v) is 12.2. The summed E-state index contributed by atoms with van der Waals surface area (Å²) >= 11 is 1.65. The van der Waals surface area contributed by atoms with Crippen molar-refractivity contribution in [3.63, 3.8) is 0 Å². The zero-order valence-electron chi connectivity index (χ0n) is 11.4. The number of para-hydroxylation sites is 2. The summed E-state index contributed by atoms with van der Waals surface area (Å²) < 4.78 is 5.75. The molecule has 2 atom stereocenters. The molecule has 1 aromatic carbocycles. The highest BCUT2D eigenvalue weighted by molar-refractivity contribution is 7.99. The van der Waals surface area contributed by atoms with Crippen LogP contribution in [0.4, 0.5) is 0 Å².